The summed E-state index contributed by atoms with van der Waals surface area (Å²) in [6, 6.07) is 7.60. The summed E-state index contributed by atoms with van der Waals surface area (Å²) in [4.78, 5) is 13.6. The second-order valence-electron chi connectivity index (χ2n) is 4.04. The number of carbonyl (C=O) groups excluding carboxylic acids is 1. The Morgan fingerprint density at radius 2 is 2.11 bits per heavy atom. The fourth-order valence-corrected chi connectivity index (χ4v) is 2.16. The molecule has 1 rings (SSSR count). The summed E-state index contributed by atoms with van der Waals surface area (Å²) < 4.78 is 0.869. The van der Waals surface area contributed by atoms with Gasteiger partial charge in [0.05, 0.1) is 11.3 Å². The number of nitrogens with zero attached hydrogens (tertiary/aromatic N) is 2. The van der Waals surface area contributed by atoms with Gasteiger partial charge in [0.2, 0.25) is 5.91 Å². The lowest BCUT2D eigenvalue weighted by molar-refractivity contribution is -0.130. The average Bonchev–Trinajstić information content (AvgIpc) is 2.41. The standard InChI is InChI=1S/C14H18BrN3O/c1-3-18(4-2)14(19)7-8-17-13-6-5-12(15)9-11(13)10-16/h5-6,9,17H,3-4,7-8H2,1-2H3. The van der Waals surface area contributed by atoms with Gasteiger partial charge in [0, 0.05) is 30.5 Å². The second-order valence-corrected chi connectivity index (χ2v) is 4.96. The van der Waals surface area contributed by atoms with Crippen LogP contribution in [0.2, 0.25) is 0 Å². The van der Waals surface area contributed by atoms with Crippen molar-refractivity contribution >= 4 is 27.5 Å². The Morgan fingerprint density at radius 1 is 1.42 bits per heavy atom. The molecule has 0 aliphatic heterocycles. The lowest BCUT2D eigenvalue weighted by Gasteiger charge is -2.18. The largest absolute Gasteiger partial charge is 0.383 e. The molecular weight excluding hydrogens is 306 g/mol. The van der Waals surface area contributed by atoms with Crippen LogP contribution in [0.5, 0.6) is 0 Å². The Balaban J connectivity index is 2.54. The van der Waals surface area contributed by atoms with Crippen molar-refractivity contribution in [2.75, 3.05) is 25.0 Å². The minimum Gasteiger partial charge on any atom is -0.383 e. The van der Waals surface area contributed by atoms with Crippen molar-refractivity contribution in [3.05, 3.63) is 28.2 Å². The van der Waals surface area contributed by atoms with Crippen LogP contribution in [0.15, 0.2) is 22.7 Å². The van der Waals surface area contributed by atoms with Crippen LogP contribution in [0.4, 0.5) is 5.69 Å². The van der Waals surface area contributed by atoms with E-state index in [1.807, 2.05) is 26.0 Å². The maximum Gasteiger partial charge on any atom is 0.224 e. The number of nitriles is 1. The number of nitrogens with one attached hydrogen (secondary N) is 1. The number of anilines is 1. The smallest absolute Gasteiger partial charge is 0.224 e. The van der Waals surface area contributed by atoms with E-state index in [1.165, 1.54) is 0 Å². The number of halogens is 1. The van der Waals surface area contributed by atoms with Gasteiger partial charge in [-0.1, -0.05) is 15.9 Å². The normalized spacial score (nSPS) is 9.79. The Labute approximate surface area is 122 Å². The van der Waals surface area contributed by atoms with Gasteiger partial charge in [0.15, 0.2) is 0 Å². The van der Waals surface area contributed by atoms with Crippen LogP contribution in [-0.2, 0) is 4.79 Å². The van der Waals surface area contributed by atoms with Crippen LogP contribution in [-0.4, -0.2) is 30.4 Å². The molecule has 0 fully saturated rings. The zero-order valence-corrected chi connectivity index (χ0v) is 12.8. The van der Waals surface area contributed by atoms with Gasteiger partial charge >= 0.3 is 0 Å². The summed E-state index contributed by atoms with van der Waals surface area (Å²) in [5, 5.41) is 12.2. The highest BCUT2D eigenvalue weighted by Crippen LogP contribution is 2.20. The lowest BCUT2D eigenvalue weighted by atomic mass is 10.2. The Morgan fingerprint density at radius 3 is 2.68 bits per heavy atom. The maximum absolute atomic E-state index is 11.8. The molecule has 5 heteroatoms. The first-order valence-corrected chi connectivity index (χ1v) is 7.13. The topological polar surface area (TPSA) is 56.1 Å². The first-order chi connectivity index (χ1) is 9.12. The first kappa shape index (κ1) is 15.5. The van der Waals surface area contributed by atoms with Crippen LogP contribution >= 0.6 is 15.9 Å². The summed E-state index contributed by atoms with van der Waals surface area (Å²) in [5.41, 5.74) is 1.34. The monoisotopic (exact) mass is 323 g/mol. The van der Waals surface area contributed by atoms with Crippen molar-refractivity contribution in [1.82, 2.24) is 4.90 Å². The number of hydrogen-bond donors (Lipinski definition) is 1. The molecule has 0 heterocycles. The van der Waals surface area contributed by atoms with Crippen LogP contribution in [0.3, 0.4) is 0 Å². The van der Waals surface area contributed by atoms with Crippen molar-refractivity contribution in [2.24, 2.45) is 0 Å². The Bertz CT molecular complexity index is 478. The van der Waals surface area contributed by atoms with Gasteiger partial charge in [0.1, 0.15) is 6.07 Å². The third-order valence-electron chi connectivity index (χ3n) is 2.87. The van der Waals surface area contributed by atoms with E-state index in [1.54, 1.807) is 11.0 Å². The van der Waals surface area contributed by atoms with Crippen molar-refractivity contribution in [1.29, 1.82) is 5.26 Å². The zero-order valence-electron chi connectivity index (χ0n) is 11.2. The molecular formula is C14H18BrN3O. The van der Waals surface area contributed by atoms with Crippen LogP contribution in [0.25, 0.3) is 0 Å². The minimum absolute atomic E-state index is 0.133. The summed E-state index contributed by atoms with van der Waals surface area (Å²) in [5.74, 6) is 0.133. The maximum atomic E-state index is 11.8. The zero-order chi connectivity index (χ0) is 14.3. The molecule has 0 bridgehead atoms. The van der Waals surface area contributed by atoms with Gasteiger partial charge in [-0.05, 0) is 32.0 Å². The fourth-order valence-electron chi connectivity index (χ4n) is 1.80. The molecule has 0 aliphatic rings. The lowest BCUT2D eigenvalue weighted by Crippen LogP contribution is -2.31. The molecule has 4 nitrogen and oxygen atoms in total. The highest BCUT2D eigenvalue weighted by atomic mass is 79.9. The quantitative estimate of drug-likeness (QED) is 0.875. The van der Waals surface area contributed by atoms with Crippen LogP contribution in [0.1, 0.15) is 25.8 Å². The van der Waals surface area contributed by atoms with Gasteiger partial charge in [-0.3, -0.25) is 4.79 Å². The van der Waals surface area contributed by atoms with Gasteiger partial charge in [-0.25, -0.2) is 0 Å². The van der Waals surface area contributed by atoms with Crippen molar-refractivity contribution in [3.8, 4) is 6.07 Å². The molecule has 1 amide bonds. The molecule has 0 unspecified atom stereocenters. The van der Waals surface area contributed by atoms with Crippen molar-refractivity contribution in [2.45, 2.75) is 20.3 Å². The van der Waals surface area contributed by atoms with E-state index >= 15 is 0 Å². The first-order valence-electron chi connectivity index (χ1n) is 6.33. The minimum atomic E-state index is 0.133. The van der Waals surface area contributed by atoms with E-state index in [0.29, 0.717) is 18.5 Å². The molecule has 0 saturated carbocycles. The molecule has 0 aromatic heterocycles. The van der Waals surface area contributed by atoms with E-state index in [4.69, 9.17) is 5.26 Å². The molecule has 0 atom stereocenters. The van der Waals surface area contributed by atoms with Gasteiger partial charge in [0.25, 0.3) is 0 Å². The molecule has 0 aliphatic carbocycles. The Kier molecular flexibility index (Phi) is 6.37. The van der Waals surface area contributed by atoms with Gasteiger partial charge < -0.3 is 10.2 Å². The predicted octanol–water partition coefficient (Wildman–Crippen LogP) is 2.99. The van der Waals surface area contributed by atoms with Crippen molar-refractivity contribution in [3.63, 3.8) is 0 Å². The summed E-state index contributed by atoms with van der Waals surface area (Å²) in [7, 11) is 0. The SMILES string of the molecule is CCN(CC)C(=O)CCNc1ccc(Br)cc1C#N. The number of benzene rings is 1. The highest BCUT2D eigenvalue weighted by Gasteiger charge is 2.09. The molecule has 0 spiro atoms. The molecule has 0 radical (unpaired) electrons. The van der Waals surface area contributed by atoms with Gasteiger partial charge in [-0.2, -0.15) is 5.26 Å². The Hall–Kier alpha value is -1.54. The van der Waals surface area contributed by atoms with Gasteiger partial charge in [-0.15, -0.1) is 0 Å². The number of hydrogen-bond acceptors (Lipinski definition) is 3. The molecule has 1 aromatic carbocycles. The molecule has 1 N–H and O–H groups in total. The predicted molar refractivity (Wildman–Crippen MR) is 79.9 cm³/mol. The molecule has 19 heavy (non-hydrogen) atoms. The van der Waals surface area contributed by atoms with E-state index in [9.17, 15) is 4.79 Å². The average molecular weight is 324 g/mol. The molecule has 102 valence electrons. The number of carbonyl (C=O) groups is 1. The highest BCUT2D eigenvalue weighted by molar-refractivity contribution is 9.10. The van der Waals surface area contributed by atoms with Crippen LogP contribution < -0.4 is 5.32 Å². The van der Waals surface area contributed by atoms with E-state index < -0.39 is 0 Å². The third kappa shape index (κ3) is 4.56. The fraction of sp³-hybridized carbons (Fsp3) is 0.429. The summed E-state index contributed by atoms with van der Waals surface area (Å²) in [6.07, 6.45) is 0.433. The second kappa shape index (κ2) is 7.80. The molecule has 0 saturated heterocycles. The van der Waals surface area contributed by atoms with Crippen LogP contribution in [0, 0.1) is 11.3 Å². The van der Waals surface area contributed by atoms with E-state index in [-0.39, 0.29) is 5.91 Å². The van der Waals surface area contributed by atoms with E-state index in [2.05, 4.69) is 27.3 Å². The number of amides is 1. The van der Waals surface area contributed by atoms with Crippen molar-refractivity contribution < 1.29 is 4.79 Å². The summed E-state index contributed by atoms with van der Waals surface area (Å²) in [6.45, 7) is 5.94. The third-order valence-corrected chi connectivity index (χ3v) is 3.37. The van der Waals surface area contributed by atoms with E-state index in [0.717, 1.165) is 23.2 Å². The molecule has 1 aromatic rings. The summed E-state index contributed by atoms with van der Waals surface area (Å²) >= 11 is 3.33. The number of rotatable bonds is 6.